The van der Waals surface area contributed by atoms with Crippen molar-refractivity contribution in [3.8, 4) is 0 Å². The smallest absolute Gasteiger partial charge is 0.262 e. The zero-order chi connectivity index (χ0) is 22.5. The molecule has 3 atom stereocenters. The Morgan fingerprint density at radius 3 is 2.59 bits per heavy atom. The van der Waals surface area contributed by atoms with Crippen LogP contribution in [0.25, 0.3) is 0 Å². The maximum atomic E-state index is 13.0. The third-order valence-electron chi connectivity index (χ3n) is 7.66. The van der Waals surface area contributed by atoms with Crippen molar-refractivity contribution in [2.24, 2.45) is 5.41 Å². The summed E-state index contributed by atoms with van der Waals surface area (Å²) >= 11 is 0. The van der Waals surface area contributed by atoms with E-state index in [4.69, 9.17) is 4.74 Å². The van der Waals surface area contributed by atoms with Crippen molar-refractivity contribution in [1.29, 1.82) is 0 Å². The van der Waals surface area contributed by atoms with Crippen LogP contribution in [0.4, 0.5) is 0 Å². The molecule has 1 aliphatic carbocycles. The largest absolute Gasteiger partial charge is 0.381 e. The Hall–Kier alpha value is -2.62. The van der Waals surface area contributed by atoms with E-state index in [1.807, 2.05) is 6.07 Å². The molecule has 32 heavy (non-hydrogen) atoms. The molecule has 5 rings (SSSR count). The summed E-state index contributed by atoms with van der Waals surface area (Å²) < 4.78 is 5.72. The lowest BCUT2D eigenvalue weighted by Crippen LogP contribution is -2.66. The number of rotatable bonds is 5. The van der Waals surface area contributed by atoms with Crippen LogP contribution in [0.2, 0.25) is 0 Å². The molecule has 9 nitrogen and oxygen atoms in total. The number of benzene rings is 1. The van der Waals surface area contributed by atoms with Gasteiger partial charge in [-0.1, -0.05) is 6.07 Å². The fourth-order valence-electron chi connectivity index (χ4n) is 5.80. The van der Waals surface area contributed by atoms with Crippen molar-refractivity contribution >= 4 is 23.6 Å². The van der Waals surface area contributed by atoms with Crippen molar-refractivity contribution in [3.63, 3.8) is 0 Å². The van der Waals surface area contributed by atoms with Crippen molar-refractivity contribution in [3.05, 3.63) is 34.9 Å². The third-order valence-corrected chi connectivity index (χ3v) is 7.66. The van der Waals surface area contributed by atoms with Gasteiger partial charge >= 0.3 is 0 Å². The summed E-state index contributed by atoms with van der Waals surface area (Å²) in [4.78, 5) is 50.5. The number of hydrogen-bond donors (Lipinski definition) is 3. The van der Waals surface area contributed by atoms with Crippen LogP contribution >= 0.6 is 0 Å². The van der Waals surface area contributed by atoms with Crippen LogP contribution in [-0.4, -0.2) is 66.9 Å². The number of hydrogen-bond acceptors (Lipinski definition) is 7. The number of fused-ring (bicyclic) bond motifs is 1. The number of imide groups is 2. The van der Waals surface area contributed by atoms with E-state index in [0.29, 0.717) is 23.7 Å². The molecule has 1 aromatic carbocycles. The van der Waals surface area contributed by atoms with Crippen LogP contribution in [0, 0.1) is 5.41 Å². The lowest BCUT2D eigenvalue weighted by molar-refractivity contribution is -0.136. The normalized spacial score (nSPS) is 29.2. The van der Waals surface area contributed by atoms with Gasteiger partial charge < -0.3 is 15.4 Å². The Bertz CT molecular complexity index is 987. The van der Waals surface area contributed by atoms with Crippen molar-refractivity contribution in [2.45, 2.75) is 56.8 Å². The highest BCUT2D eigenvalue weighted by Gasteiger charge is 2.55. The highest BCUT2D eigenvalue weighted by atomic mass is 16.5. The van der Waals surface area contributed by atoms with Gasteiger partial charge in [-0.2, -0.15) is 0 Å². The average Bonchev–Trinajstić information content (AvgIpc) is 3.03. The Balaban J connectivity index is 1.29. The van der Waals surface area contributed by atoms with E-state index in [1.165, 1.54) is 0 Å². The molecule has 3 unspecified atom stereocenters. The topological polar surface area (TPSA) is 117 Å². The molecule has 1 saturated carbocycles. The minimum atomic E-state index is -0.942. The van der Waals surface area contributed by atoms with E-state index in [-0.39, 0.29) is 30.3 Å². The molecule has 4 aliphatic rings. The van der Waals surface area contributed by atoms with Crippen molar-refractivity contribution in [2.75, 3.05) is 20.2 Å². The number of carbonyl (C=O) groups excluding carboxylic acids is 4. The monoisotopic (exact) mass is 440 g/mol. The van der Waals surface area contributed by atoms with E-state index < -0.39 is 23.8 Å². The lowest BCUT2D eigenvalue weighted by atomic mass is 9.57. The predicted octanol–water partition coefficient (Wildman–Crippen LogP) is 0.335. The number of amides is 4. The van der Waals surface area contributed by atoms with Gasteiger partial charge in [0.05, 0.1) is 17.2 Å². The molecule has 0 aromatic heterocycles. The number of nitrogens with zero attached hydrogens (tertiary/aromatic N) is 1. The maximum Gasteiger partial charge on any atom is 0.262 e. The summed E-state index contributed by atoms with van der Waals surface area (Å²) in [6.07, 6.45) is 3.64. The van der Waals surface area contributed by atoms with Crippen LogP contribution in [0.15, 0.2) is 18.2 Å². The second kappa shape index (κ2) is 8.06. The summed E-state index contributed by atoms with van der Waals surface area (Å²) in [6, 6.07) is 4.67. The maximum absolute atomic E-state index is 13.0. The fraction of sp³-hybridized carbons (Fsp3) is 0.565. The molecule has 1 spiro atoms. The second-order valence-electron chi connectivity index (χ2n) is 9.20. The van der Waals surface area contributed by atoms with Gasteiger partial charge in [0, 0.05) is 31.5 Å². The first-order valence-electron chi connectivity index (χ1n) is 11.3. The molecule has 3 N–H and O–H groups in total. The molecule has 3 aliphatic heterocycles. The summed E-state index contributed by atoms with van der Waals surface area (Å²) in [7, 11) is 1.78. The molecule has 9 heteroatoms. The highest BCUT2D eigenvalue weighted by molar-refractivity contribution is 6.23. The number of ether oxygens (including phenoxy) is 1. The Morgan fingerprint density at radius 2 is 1.88 bits per heavy atom. The van der Waals surface area contributed by atoms with Gasteiger partial charge in [-0.25, -0.2) is 0 Å². The first-order chi connectivity index (χ1) is 15.4. The minimum absolute atomic E-state index is 0.111. The van der Waals surface area contributed by atoms with Gasteiger partial charge in [0.25, 0.3) is 11.8 Å². The van der Waals surface area contributed by atoms with Gasteiger partial charge in [0.2, 0.25) is 11.8 Å². The predicted molar refractivity (Wildman–Crippen MR) is 114 cm³/mol. The molecular weight excluding hydrogens is 412 g/mol. The SMILES string of the molecule is COC1CC(NCc2ccc3c(c2)C(=O)N(C2CCC(=O)NC2=O)C3=O)C12CCNCC2. The fourth-order valence-corrected chi connectivity index (χ4v) is 5.80. The summed E-state index contributed by atoms with van der Waals surface area (Å²) in [5, 5.41) is 9.28. The van der Waals surface area contributed by atoms with Crippen molar-refractivity contribution in [1.82, 2.24) is 20.9 Å². The molecule has 2 saturated heterocycles. The quantitative estimate of drug-likeness (QED) is 0.565. The number of nitrogens with one attached hydrogen (secondary N) is 3. The Labute approximate surface area is 186 Å². The van der Waals surface area contributed by atoms with Crippen LogP contribution in [0.3, 0.4) is 0 Å². The first-order valence-corrected chi connectivity index (χ1v) is 11.3. The van der Waals surface area contributed by atoms with Gasteiger partial charge in [-0.15, -0.1) is 0 Å². The van der Waals surface area contributed by atoms with Crippen LogP contribution in [-0.2, 0) is 20.9 Å². The van der Waals surface area contributed by atoms with E-state index >= 15 is 0 Å². The Kier molecular flexibility index (Phi) is 5.35. The highest BCUT2D eigenvalue weighted by Crippen LogP contribution is 2.49. The summed E-state index contributed by atoms with van der Waals surface area (Å²) in [6.45, 7) is 2.57. The van der Waals surface area contributed by atoms with Crippen LogP contribution < -0.4 is 16.0 Å². The molecule has 170 valence electrons. The van der Waals surface area contributed by atoms with Crippen LogP contribution in [0.1, 0.15) is 58.4 Å². The molecule has 3 heterocycles. The van der Waals surface area contributed by atoms with Crippen molar-refractivity contribution < 1.29 is 23.9 Å². The standard InChI is InChI=1S/C23H28N4O5/c1-32-18-11-17(23(18)6-8-24-9-7-23)25-12-13-2-3-14-15(10-13)22(31)27(21(14)30)16-4-5-19(28)26-20(16)29/h2-3,10,16-18,24-25H,4-9,11-12H2,1H3,(H,26,28,29). The number of piperidine rings is 2. The number of carbonyl (C=O) groups is 4. The third kappa shape index (κ3) is 3.27. The minimum Gasteiger partial charge on any atom is -0.381 e. The molecule has 0 radical (unpaired) electrons. The van der Waals surface area contributed by atoms with E-state index in [2.05, 4.69) is 16.0 Å². The molecular formula is C23H28N4O5. The van der Waals surface area contributed by atoms with Crippen LogP contribution in [0.5, 0.6) is 0 Å². The van der Waals surface area contributed by atoms with Gasteiger partial charge in [-0.3, -0.25) is 29.4 Å². The van der Waals surface area contributed by atoms with E-state index in [9.17, 15) is 19.2 Å². The molecule has 1 aromatic rings. The lowest BCUT2D eigenvalue weighted by Gasteiger charge is -2.57. The van der Waals surface area contributed by atoms with Gasteiger partial charge in [0.1, 0.15) is 6.04 Å². The number of methoxy groups -OCH3 is 1. The summed E-state index contributed by atoms with van der Waals surface area (Å²) in [5.74, 6) is -1.93. The molecule has 4 amide bonds. The van der Waals surface area contributed by atoms with E-state index in [0.717, 1.165) is 42.8 Å². The molecule has 3 fully saturated rings. The zero-order valence-electron chi connectivity index (χ0n) is 18.1. The molecule has 0 bridgehead atoms. The van der Waals surface area contributed by atoms with Gasteiger partial charge in [-0.05, 0) is 56.5 Å². The van der Waals surface area contributed by atoms with E-state index in [1.54, 1.807) is 19.2 Å². The Morgan fingerprint density at radius 1 is 1.12 bits per heavy atom. The summed E-state index contributed by atoms with van der Waals surface area (Å²) in [5.41, 5.74) is 1.69. The first kappa shape index (κ1) is 21.2. The zero-order valence-corrected chi connectivity index (χ0v) is 18.1. The average molecular weight is 441 g/mol. The van der Waals surface area contributed by atoms with Gasteiger partial charge in [0.15, 0.2) is 0 Å². The second-order valence-corrected chi connectivity index (χ2v) is 9.20.